The van der Waals surface area contributed by atoms with E-state index in [9.17, 15) is 4.79 Å². The second-order valence-electron chi connectivity index (χ2n) is 6.58. The van der Waals surface area contributed by atoms with E-state index in [4.69, 9.17) is 0 Å². The van der Waals surface area contributed by atoms with Crippen LogP contribution in [0, 0.1) is 23.7 Å². The monoisotopic (exact) mass is 237 g/mol. The Kier molecular flexibility index (Phi) is 4.24. The molecular formula is C15H27NO. The number of Topliss-reactive ketones (excluding diaryl/α,β-unsaturated/α-hetero) is 1. The molecule has 0 aromatic carbocycles. The van der Waals surface area contributed by atoms with Gasteiger partial charge in [0.05, 0.1) is 0 Å². The van der Waals surface area contributed by atoms with Gasteiger partial charge in [-0.1, -0.05) is 20.8 Å². The van der Waals surface area contributed by atoms with Gasteiger partial charge >= 0.3 is 0 Å². The van der Waals surface area contributed by atoms with Crippen molar-refractivity contribution in [2.45, 2.75) is 46.5 Å². The lowest BCUT2D eigenvalue weighted by Crippen LogP contribution is -2.43. The van der Waals surface area contributed by atoms with Crippen LogP contribution in [0.2, 0.25) is 0 Å². The van der Waals surface area contributed by atoms with E-state index in [0.717, 1.165) is 18.9 Å². The lowest BCUT2D eigenvalue weighted by atomic mass is 9.74. The summed E-state index contributed by atoms with van der Waals surface area (Å²) in [5.74, 6) is 2.92. The molecule has 0 N–H and O–H groups in total. The van der Waals surface area contributed by atoms with Gasteiger partial charge in [0.15, 0.2) is 0 Å². The van der Waals surface area contributed by atoms with Crippen LogP contribution in [-0.4, -0.2) is 30.3 Å². The van der Waals surface area contributed by atoms with Gasteiger partial charge in [0.2, 0.25) is 0 Å². The minimum absolute atomic E-state index is 0.319. The SMILES string of the molecule is CC1CCN(CC2C(=O)CC(C)CC2C)CC1. The van der Waals surface area contributed by atoms with Gasteiger partial charge in [-0.15, -0.1) is 0 Å². The molecule has 1 aliphatic heterocycles. The van der Waals surface area contributed by atoms with E-state index in [0.29, 0.717) is 23.5 Å². The molecule has 2 fully saturated rings. The van der Waals surface area contributed by atoms with Crippen LogP contribution in [0.5, 0.6) is 0 Å². The number of nitrogens with zero attached hydrogens (tertiary/aromatic N) is 1. The Morgan fingerprint density at radius 1 is 1.12 bits per heavy atom. The van der Waals surface area contributed by atoms with Gasteiger partial charge in [0.25, 0.3) is 0 Å². The molecule has 2 heteroatoms. The number of piperidine rings is 1. The Balaban J connectivity index is 1.87. The molecule has 0 spiro atoms. The van der Waals surface area contributed by atoms with Crippen LogP contribution in [0.15, 0.2) is 0 Å². The van der Waals surface area contributed by atoms with Crippen molar-refractivity contribution in [3.63, 3.8) is 0 Å². The highest BCUT2D eigenvalue weighted by Gasteiger charge is 2.33. The van der Waals surface area contributed by atoms with Crippen molar-refractivity contribution in [2.75, 3.05) is 19.6 Å². The van der Waals surface area contributed by atoms with Crippen LogP contribution in [-0.2, 0) is 4.79 Å². The van der Waals surface area contributed by atoms with Crippen molar-refractivity contribution in [1.29, 1.82) is 0 Å². The molecule has 98 valence electrons. The highest BCUT2D eigenvalue weighted by atomic mass is 16.1. The third-order valence-electron chi connectivity index (χ3n) is 4.76. The fourth-order valence-corrected chi connectivity index (χ4v) is 3.50. The lowest BCUT2D eigenvalue weighted by molar-refractivity contribution is -0.128. The minimum atomic E-state index is 0.319. The Hall–Kier alpha value is -0.370. The summed E-state index contributed by atoms with van der Waals surface area (Å²) < 4.78 is 0. The highest BCUT2D eigenvalue weighted by Crippen LogP contribution is 2.32. The van der Waals surface area contributed by atoms with E-state index < -0.39 is 0 Å². The molecule has 2 aliphatic rings. The second-order valence-corrected chi connectivity index (χ2v) is 6.58. The van der Waals surface area contributed by atoms with Gasteiger partial charge in [-0.25, -0.2) is 0 Å². The highest BCUT2D eigenvalue weighted by molar-refractivity contribution is 5.82. The van der Waals surface area contributed by atoms with Crippen molar-refractivity contribution in [3.8, 4) is 0 Å². The smallest absolute Gasteiger partial charge is 0.137 e. The van der Waals surface area contributed by atoms with E-state index in [-0.39, 0.29) is 0 Å². The molecule has 1 saturated carbocycles. The maximum Gasteiger partial charge on any atom is 0.137 e. The summed E-state index contributed by atoms with van der Waals surface area (Å²) in [6.07, 6.45) is 4.68. The first-order chi connectivity index (χ1) is 8.06. The normalized spacial score (nSPS) is 37.4. The number of carbonyl (C=O) groups excluding carboxylic acids is 1. The van der Waals surface area contributed by atoms with Gasteiger partial charge < -0.3 is 4.90 Å². The summed E-state index contributed by atoms with van der Waals surface area (Å²) in [6, 6.07) is 0. The molecule has 1 heterocycles. The molecule has 1 saturated heterocycles. The number of hydrogen-bond donors (Lipinski definition) is 0. The van der Waals surface area contributed by atoms with Gasteiger partial charge in [-0.2, -0.15) is 0 Å². The average molecular weight is 237 g/mol. The maximum atomic E-state index is 12.1. The molecule has 3 unspecified atom stereocenters. The Bertz CT molecular complexity index is 268. The summed E-state index contributed by atoms with van der Waals surface area (Å²) in [5, 5.41) is 0. The van der Waals surface area contributed by atoms with Gasteiger partial charge in [0, 0.05) is 18.9 Å². The fourth-order valence-electron chi connectivity index (χ4n) is 3.50. The number of rotatable bonds is 2. The maximum absolute atomic E-state index is 12.1. The molecule has 2 rings (SSSR count). The first-order valence-electron chi connectivity index (χ1n) is 7.31. The first kappa shape index (κ1) is 13.1. The number of carbonyl (C=O) groups is 1. The molecule has 1 aliphatic carbocycles. The molecule has 0 radical (unpaired) electrons. The van der Waals surface area contributed by atoms with Gasteiger partial charge in [0.1, 0.15) is 5.78 Å². The zero-order chi connectivity index (χ0) is 12.4. The Morgan fingerprint density at radius 3 is 2.35 bits per heavy atom. The lowest BCUT2D eigenvalue weighted by Gasteiger charge is -2.37. The second kappa shape index (κ2) is 5.51. The summed E-state index contributed by atoms with van der Waals surface area (Å²) in [6.45, 7) is 10.3. The average Bonchev–Trinajstić information content (AvgIpc) is 2.26. The van der Waals surface area contributed by atoms with Gasteiger partial charge in [-0.3, -0.25) is 4.79 Å². The van der Waals surface area contributed by atoms with Crippen molar-refractivity contribution < 1.29 is 4.79 Å². The third kappa shape index (κ3) is 3.31. The van der Waals surface area contributed by atoms with E-state index in [1.54, 1.807) is 0 Å². The molecule has 2 nitrogen and oxygen atoms in total. The van der Waals surface area contributed by atoms with E-state index in [1.807, 2.05) is 0 Å². The van der Waals surface area contributed by atoms with Crippen LogP contribution in [0.3, 0.4) is 0 Å². The Morgan fingerprint density at radius 2 is 1.76 bits per heavy atom. The summed E-state index contributed by atoms with van der Waals surface area (Å²) in [5.41, 5.74) is 0. The molecule has 3 atom stereocenters. The van der Waals surface area contributed by atoms with Crippen LogP contribution in [0.25, 0.3) is 0 Å². The molecular weight excluding hydrogens is 210 g/mol. The molecule has 17 heavy (non-hydrogen) atoms. The van der Waals surface area contributed by atoms with Crippen LogP contribution in [0.1, 0.15) is 46.5 Å². The van der Waals surface area contributed by atoms with Crippen molar-refractivity contribution in [1.82, 2.24) is 4.90 Å². The first-order valence-corrected chi connectivity index (χ1v) is 7.31. The zero-order valence-electron chi connectivity index (χ0n) is 11.6. The predicted octanol–water partition coefficient (Wildman–Crippen LogP) is 2.97. The van der Waals surface area contributed by atoms with Crippen molar-refractivity contribution in [3.05, 3.63) is 0 Å². The van der Waals surface area contributed by atoms with E-state index >= 15 is 0 Å². The Labute approximate surface area is 106 Å². The number of hydrogen-bond acceptors (Lipinski definition) is 2. The van der Waals surface area contributed by atoms with Crippen molar-refractivity contribution >= 4 is 5.78 Å². The van der Waals surface area contributed by atoms with Crippen LogP contribution in [0.4, 0.5) is 0 Å². The summed E-state index contributed by atoms with van der Waals surface area (Å²) in [4.78, 5) is 14.6. The van der Waals surface area contributed by atoms with Crippen molar-refractivity contribution in [2.24, 2.45) is 23.7 Å². The number of ketones is 1. The largest absolute Gasteiger partial charge is 0.303 e. The minimum Gasteiger partial charge on any atom is -0.303 e. The third-order valence-corrected chi connectivity index (χ3v) is 4.76. The fraction of sp³-hybridized carbons (Fsp3) is 0.933. The summed E-state index contributed by atoms with van der Waals surface area (Å²) in [7, 11) is 0. The quantitative estimate of drug-likeness (QED) is 0.736. The van der Waals surface area contributed by atoms with Crippen LogP contribution < -0.4 is 0 Å². The summed E-state index contributed by atoms with van der Waals surface area (Å²) >= 11 is 0. The standard InChI is InChI=1S/C15H27NO/c1-11-4-6-16(7-5-11)10-14-13(3)8-12(2)9-15(14)17/h11-14H,4-10H2,1-3H3. The molecule has 0 aromatic rings. The zero-order valence-corrected chi connectivity index (χ0v) is 11.6. The molecule has 0 aromatic heterocycles. The van der Waals surface area contributed by atoms with E-state index in [2.05, 4.69) is 25.7 Å². The van der Waals surface area contributed by atoms with Crippen LogP contribution >= 0.6 is 0 Å². The molecule has 0 amide bonds. The van der Waals surface area contributed by atoms with E-state index in [1.165, 1.54) is 32.4 Å². The molecule has 0 bridgehead atoms. The topological polar surface area (TPSA) is 20.3 Å². The number of likely N-dealkylation sites (tertiary alicyclic amines) is 1. The predicted molar refractivity (Wildman–Crippen MR) is 70.9 cm³/mol. The van der Waals surface area contributed by atoms with Gasteiger partial charge in [-0.05, 0) is 50.1 Å².